The van der Waals surface area contributed by atoms with Crippen molar-refractivity contribution in [1.29, 1.82) is 0 Å². The lowest BCUT2D eigenvalue weighted by Gasteiger charge is -2.10. The van der Waals surface area contributed by atoms with Crippen LogP contribution in [-0.2, 0) is 24.5 Å². The minimum Gasteiger partial charge on any atom is -0.489 e. The molecule has 0 aliphatic heterocycles. The molecule has 0 fully saturated rings. The van der Waals surface area contributed by atoms with Crippen LogP contribution in [0.1, 0.15) is 11.1 Å². The summed E-state index contributed by atoms with van der Waals surface area (Å²) in [6.45, 7) is 0.693. The number of amides is 1. The molecule has 0 spiro atoms. The van der Waals surface area contributed by atoms with Gasteiger partial charge in [0.2, 0.25) is 5.91 Å². The predicted molar refractivity (Wildman–Crippen MR) is 131 cm³/mol. The standard InChI is InChI=1S/C26H22BrN3O3/c27-22-10-8-21(9-11-22)24-14-15-26(32)30(29-24)17-25(31)28-16-19-6-12-23(13-7-19)33-18-20-4-2-1-3-5-20/h1-15H,16-18H2,(H,28,31). The molecule has 166 valence electrons. The van der Waals surface area contributed by atoms with Gasteiger partial charge in [-0.1, -0.05) is 70.5 Å². The fourth-order valence-electron chi connectivity index (χ4n) is 3.17. The van der Waals surface area contributed by atoms with E-state index < -0.39 is 0 Å². The summed E-state index contributed by atoms with van der Waals surface area (Å²) in [5, 5.41) is 7.17. The second kappa shape index (κ2) is 10.7. The first-order valence-corrected chi connectivity index (χ1v) is 11.2. The number of aromatic nitrogens is 2. The van der Waals surface area contributed by atoms with Gasteiger partial charge in [-0.2, -0.15) is 5.10 Å². The summed E-state index contributed by atoms with van der Waals surface area (Å²) in [7, 11) is 0. The van der Waals surface area contributed by atoms with Crippen molar-refractivity contribution in [3.8, 4) is 17.0 Å². The Morgan fingerprint density at radius 2 is 1.61 bits per heavy atom. The summed E-state index contributed by atoms with van der Waals surface area (Å²) < 4.78 is 7.91. The van der Waals surface area contributed by atoms with E-state index in [9.17, 15) is 9.59 Å². The van der Waals surface area contributed by atoms with Crippen LogP contribution >= 0.6 is 15.9 Å². The molecular formula is C26H22BrN3O3. The zero-order chi connectivity index (χ0) is 23.0. The van der Waals surface area contributed by atoms with Gasteiger partial charge in [-0.05, 0) is 41.5 Å². The first-order chi connectivity index (χ1) is 16.1. The van der Waals surface area contributed by atoms with Crippen LogP contribution in [0.4, 0.5) is 0 Å². The molecule has 0 unspecified atom stereocenters. The third kappa shape index (κ3) is 6.40. The lowest BCUT2D eigenvalue weighted by molar-refractivity contribution is -0.122. The summed E-state index contributed by atoms with van der Waals surface area (Å²) in [4.78, 5) is 24.6. The molecule has 6 nitrogen and oxygen atoms in total. The number of nitrogens with one attached hydrogen (secondary N) is 1. The molecule has 7 heteroatoms. The normalized spacial score (nSPS) is 10.6. The summed E-state index contributed by atoms with van der Waals surface area (Å²) >= 11 is 3.40. The number of rotatable bonds is 8. The Morgan fingerprint density at radius 1 is 0.879 bits per heavy atom. The molecule has 0 saturated heterocycles. The van der Waals surface area contributed by atoms with Crippen LogP contribution in [0, 0.1) is 0 Å². The highest BCUT2D eigenvalue weighted by Crippen LogP contribution is 2.19. The van der Waals surface area contributed by atoms with Crippen molar-refractivity contribution in [2.24, 2.45) is 0 Å². The second-order valence-electron chi connectivity index (χ2n) is 7.42. The fraction of sp³-hybridized carbons (Fsp3) is 0.115. The molecule has 1 amide bonds. The summed E-state index contributed by atoms with van der Waals surface area (Å²) in [5.74, 6) is 0.469. The average molecular weight is 504 g/mol. The lowest BCUT2D eigenvalue weighted by atomic mass is 10.1. The van der Waals surface area contributed by atoms with Gasteiger partial charge in [0.1, 0.15) is 18.9 Å². The molecule has 4 aromatic rings. The summed E-state index contributed by atoms with van der Waals surface area (Å²) in [6.07, 6.45) is 0. The Hall–Kier alpha value is -3.71. The fourth-order valence-corrected chi connectivity index (χ4v) is 3.44. The van der Waals surface area contributed by atoms with Gasteiger partial charge in [-0.3, -0.25) is 9.59 Å². The molecular weight excluding hydrogens is 482 g/mol. The van der Waals surface area contributed by atoms with Crippen LogP contribution < -0.4 is 15.6 Å². The summed E-state index contributed by atoms with van der Waals surface area (Å²) in [5.41, 5.74) is 3.19. The van der Waals surface area contributed by atoms with Gasteiger partial charge in [0.15, 0.2) is 0 Å². The molecule has 0 radical (unpaired) electrons. The molecule has 0 saturated carbocycles. The van der Waals surface area contributed by atoms with Crippen molar-refractivity contribution < 1.29 is 9.53 Å². The first kappa shape index (κ1) is 22.5. The topological polar surface area (TPSA) is 73.2 Å². The predicted octanol–water partition coefficient (Wildman–Crippen LogP) is 4.57. The highest BCUT2D eigenvalue weighted by Gasteiger charge is 2.08. The van der Waals surface area contributed by atoms with Crippen LogP contribution in [-0.4, -0.2) is 15.7 Å². The number of hydrogen-bond donors (Lipinski definition) is 1. The number of carbonyl (C=O) groups is 1. The molecule has 3 aromatic carbocycles. The SMILES string of the molecule is O=C(Cn1nc(-c2ccc(Br)cc2)ccc1=O)NCc1ccc(OCc2ccccc2)cc1. The van der Waals surface area contributed by atoms with Gasteiger partial charge in [-0.25, -0.2) is 4.68 Å². The molecule has 4 rings (SSSR count). The van der Waals surface area contributed by atoms with Gasteiger partial charge in [-0.15, -0.1) is 0 Å². The Labute approximate surface area is 200 Å². The number of benzene rings is 3. The maximum atomic E-state index is 12.4. The third-order valence-corrected chi connectivity index (χ3v) is 5.49. The number of nitrogens with zero attached hydrogens (tertiary/aromatic N) is 2. The van der Waals surface area contributed by atoms with E-state index in [4.69, 9.17) is 4.74 Å². The van der Waals surface area contributed by atoms with Crippen molar-refractivity contribution in [3.05, 3.63) is 117 Å². The molecule has 1 heterocycles. The Bertz CT molecular complexity index is 1270. The van der Waals surface area contributed by atoms with Gasteiger partial charge in [0.05, 0.1) is 5.69 Å². The van der Waals surface area contributed by atoms with Gasteiger partial charge in [0.25, 0.3) is 5.56 Å². The van der Waals surface area contributed by atoms with Crippen LogP contribution in [0.2, 0.25) is 0 Å². The number of ether oxygens (including phenoxy) is 1. The van der Waals surface area contributed by atoms with E-state index in [0.717, 1.165) is 26.9 Å². The maximum Gasteiger partial charge on any atom is 0.267 e. The first-order valence-electron chi connectivity index (χ1n) is 10.4. The number of hydrogen-bond acceptors (Lipinski definition) is 4. The van der Waals surface area contributed by atoms with Gasteiger partial charge in [0, 0.05) is 22.6 Å². The van der Waals surface area contributed by atoms with Crippen molar-refractivity contribution in [3.63, 3.8) is 0 Å². The molecule has 33 heavy (non-hydrogen) atoms. The Morgan fingerprint density at radius 3 is 2.33 bits per heavy atom. The van der Waals surface area contributed by atoms with E-state index in [1.54, 1.807) is 6.07 Å². The van der Waals surface area contributed by atoms with E-state index in [-0.39, 0.29) is 18.0 Å². The zero-order valence-corrected chi connectivity index (χ0v) is 19.4. The van der Waals surface area contributed by atoms with Crippen LogP contribution in [0.25, 0.3) is 11.3 Å². The largest absolute Gasteiger partial charge is 0.489 e. The van der Waals surface area contributed by atoms with Crippen molar-refractivity contribution in [2.75, 3.05) is 0 Å². The Kier molecular flexibility index (Phi) is 7.32. The molecule has 1 aromatic heterocycles. The van der Waals surface area contributed by atoms with Crippen LogP contribution in [0.5, 0.6) is 5.75 Å². The molecule has 0 aliphatic carbocycles. The highest BCUT2D eigenvalue weighted by molar-refractivity contribution is 9.10. The van der Waals surface area contributed by atoms with Gasteiger partial charge >= 0.3 is 0 Å². The van der Waals surface area contributed by atoms with Crippen LogP contribution in [0.3, 0.4) is 0 Å². The van der Waals surface area contributed by atoms with E-state index in [0.29, 0.717) is 18.8 Å². The van der Waals surface area contributed by atoms with Crippen molar-refractivity contribution >= 4 is 21.8 Å². The maximum absolute atomic E-state index is 12.4. The molecule has 0 atom stereocenters. The van der Waals surface area contributed by atoms with Crippen LogP contribution in [0.15, 0.2) is 100 Å². The number of halogens is 1. The molecule has 1 N–H and O–H groups in total. The van der Waals surface area contributed by atoms with E-state index in [2.05, 4.69) is 26.3 Å². The highest BCUT2D eigenvalue weighted by atomic mass is 79.9. The van der Waals surface area contributed by atoms with E-state index in [1.165, 1.54) is 10.7 Å². The number of carbonyl (C=O) groups excluding carboxylic acids is 1. The van der Waals surface area contributed by atoms with Crippen molar-refractivity contribution in [2.45, 2.75) is 19.7 Å². The smallest absolute Gasteiger partial charge is 0.267 e. The monoisotopic (exact) mass is 503 g/mol. The van der Waals surface area contributed by atoms with E-state index in [1.807, 2.05) is 78.9 Å². The minimum atomic E-state index is -0.328. The summed E-state index contributed by atoms with van der Waals surface area (Å²) in [6, 6.07) is 28.2. The quantitative estimate of drug-likeness (QED) is 0.382. The molecule has 0 bridgehead atoms. The second-order valence-corrected chi connectivity index (χ2v) is 8.33. The lowest BCUT2D eigenvalue weighted by Crippen LogP contribution is -2.33. The van der Waals surface area contributed by atoms with Crippen molar-refractivity contribution in [1.82, 2.24) is 15.1 Å². The zero-order valence-electron chi connectivity index (χ0n) is 17.8. The Balaban J connectivity index is 1.31. The minimum absolute atomic E-state index is 0.151. The average Bonchev–Trinajstić information content (AvgIpc) is 2.85. The third-order valence-electron chi connectivity index (χ3n) is 4.96. The van der Waals surface area contributed by atoms with Gasteiger partial charge < -0.3 is 10.1 Å². The van der Waals surface area contributed by atoms with E-state index >= 15 is 0 Å². The molecule has 0 aliphatic rings.